The largest absolute Gasteiger partial charge is 0.493 e. The Morgan fingerprint density at radius 3 is 2.68 bits per heavy atom. The lowest BCUT2D eigenvalue weighted by atomic mass is 10.2. The zero-order valence-electron chi connectivity index (χ0n) is 14.1. The molecule has 0 saturated heterocycles. The van der Waals surface area contributed by atoms with Crippen molar-refractivity contribution in [1.82, 2.24) is 5.32 Å². The standard InChI is InChI=1S/C18H20BrClFNO3/c1-23-6-5-22-10-12-7-15(19)18(17(8-12)24-2)25-11-13-3-4-14(21)9-16(13)20/h3-4,7-9,22H,5-6,10-11H2,1-2H3. The van der Waals surface area contributed by atoms with Crippen molar-refractivity contribution in [3.05, 3.63) is 56.8 Å². The van der Waals surface area contributed by atoms with E-state index >= 15 is 0 Å². The highest BCUT2D eigenvalue weighted by Gasteiger charge is 2.13. The van der Waals surface area contributed by atoms with Crippen molar-refractivity contribution in [2.75, 3.05) is 27.4 Å². The molecule has 2 rings (SSSR count). The quantitative estimate of drug-likeness (QED) is 0.590. The van der Waals surface area contributed by atoms with Crippen LogP contribution in [-0.2, 0) is 17.9 Å². The first-order valence-electron chi connectivity index (χ1n) is 7.68. The summed E-state index contributed by atoms with van der Waals surface area (Å²) in [5.41, 5.74) is 1.74. The molecule has 0 aliphatic rings. The molecule has 2 aromatic rings. The summed E-state index contributed by atoms with van der Waals surface area (Å²) in [5, 5.41) is 3.60. The van der Waals surface area contributed by atoms with E-state index in [-0.39, 0.29) is 12.4 Å². The molecule has 2 aromatic carbocycles. The molecule has 0 radical (unpaired) electrons. The SMILES string of the molecule is COCCNCc1cc(Br)c(OCc2ccc(F)cc2Cl)c(OC)c1. The van der Waals surface area contributed by atoms with Crippen molar-refractivity contribution in [1.29, 1.82) is 0 Å². The van der Waals surface area contributed by atoms with Gasteiger partial charge in [0.2, 0.25) is 0 Å². The number of hydrogen-bond acceptors (Lipinski definition) is 4. The van der Waals surface area contributed by atoms with Crippen molar-refractivity contribution in [3.63, 3.8) is 0 Å². The normalized spacial score (nSPS) is 10.8. The number of ether oxygens (including phenoxy) is 3. The van der Waals surface area contributed by atoms with Crippen LogP contribution < -0.4 is 14.8 Å². The second-order valence-electron chi connectivity index (χ2n) is 5.30. The summed E-state index contributed by atoms with van der Waals surface area (Å²) in [6, 6.07) is 8.09. The molecule has 0 heterocycles. The van der Waals surface area contributed by atoms with Gasteiger partial charge in [0.15, 0.2) is 11.5 Å². The van der Waals surface area contributed by atoms with Crippen LogP contribution >= 0.6 is 27.5 Å². The summed E-state index contributed by atoms with van der Waals surface area (Å²) >= 11 is 9.55. The summed E-state index contributed by atoms with van der Waals surface area (Å²) in [5.74, 6) is 0.803. The van der Waals surface area contributed by atoms with Crippen LogP contribution in [0.2, 0.25) is 5.02 Å². The van der Waals surface area contributed by atoms with Gasteiger partial charge in [-0.2, -0.15) is 0 Å². The number of benzene rings is 2. The highest BCUT2D eigenvalue weighted by molar-refractivity contribution is 9.10. The molecule has 0 aliphatic heterocycles. The summed E-state index contributed by atoms with van der Waals surface area (Å²) in [4.78, 5) is 0. The van der Waals surface area contributed by atoms with Crippen LogP contribution in [0, 0.1) is 5.82 Å². The molecule has 0 aromatic heterocycles. The second-order valence-corrected chi connectivity index (χ2v) is 6.56. The molecule has 0 spiro atoms. The van der Waals surface area contributed by atoms with Gasteiger partial charge in [0.05, 0.1) is 23.2 Å². The minimum atomic E-state index is -0.377. The molecule has 0 unspecified atom stereocenters. The highest BCUT2D eigenvalue weighted by Crippen LogP contribution is 2.37. The Labute approximate surface area is 160 Å². The van der Waals surface area contributed by atoms with Crippen molar-refractivity contribution in [2.24, 2.45) is 0 Å². The highest BCUT2D eigenvalue weighted by atomic mass is 79.9. The van der Waals surface area contributed by atoms with E-state index < -0.39 is 0 Å². The molecular formula is C18H20BrClFNO3. The molecule has 0 aliphatic carbocycles. The summed E-state index contributed by atoms with van der Waals surface area (Å²) in [6.07, 6.45) is 0. The zero-order chi connectivity index (χ0) is 18.2. The molecule has 0 amide bonds. The Bertz CT molecular complexity index is 715. The maximum absolute atomic E-state index is 13.1. The van der Waals surface area contributed by atoms with E-state index in [0.29, 0.717) is 35.2 Å². The third kappa shape index (κ3) is 5.85. The van der Waals surface area contributed by atoms with Crippen LogP contribution in [0.5, 0.6) is 11.5 Å². The van der Waals surface area contributed by atoms with Crippen LogP contribution in [0.3, 0.4) is 0 Å². The molecular weight excluding hydrogens is 413 g/mol. The van der Waals surface area contributed by atoms with Gasteiger partial charge < -0.3 is 19.5 Å². The lowest BCUT2D eigenvalue weighted by molar-refractivity contribution is 0.199. The fourth-order valence-corrected chi connectivity index (χ4v) is 3.04. The molecule has 0 saturated carbocycles. The second kappa shape index (κ2) is 9.97. The van der Waals surface area contributed by atoms with Crippen LogP contribution in [0.15, 0.2) is 34.8 Å². The van der Waals surface area contributed by atoms with Crippen LogP contribution in [-0.4, -0.2) is 27.4 Å². The summed E-state index contributed by atoms with van der Waals surface area (Å²) in [7, 11) is 3.25. The predicted octanol–water partition coefficient (Wildman–Crippen LogP) is 4.57. The van der Waals surface area contributed by atoms with Crippen molar-refractivity contribution >= 4 is 27.5 Å². The Morgan fingerprint density at radius 1 is 1.20 bits per heavy atom. The number of hydrogen-bond donors (Lipinski definition) is 1. The van der Waals surface area contributed by atoms with E-state index in [2.05, 4.69) is 21.2 Å². The molecule has 1 N–H and O–H groups in total. The Hall–Kier alpha value is -1.34. The smallest absolute Gasteiger partial charge is 0.175 e. The van der Waals surface area contributed by atoms with E-state index in [1.807, 2.05) is 12.1 Å². The Balaban J connectivity index is 2.09. The molecule has 25 heavy (non-hydrogen) atoms. The fourth-order valence-electron chi connectivity index (χ4n) is 2.21. The fraction of sp³-hybridized carbons (Fsp3) is 0.333. The monoisotopic (exact) mass is 431 g/mol. The van der Waals surface area contributed by atoms with E-state index in [1.165, 1.54) is 12.1 Å². The number of rotatable bonds is 9. The summed E-state index contributed by atoms with van der Waals surface area (Å²) in [6.45, 7) is 2.30. The summed E-state index contributed by atoms with van der Waals surface area (Å²) < 4.78 is 30.2. The third-order valence-corrected chi connectivity index (χ3v) is 4.43. The Kier molecular flexibility index (Phi) is 7.96. The molecule has 0 bridgehead atoms. The zero-order valence-corrected chi connectivity index (χ0v) is 16.4. The van der Waals surface area contributed by atoms with Gasteiger partial charge >= 0.3 is 0 Å². The van der Waals surface area contributed by atoms with Gasteiger partial charge in [-0.25, -0.2) is 4.39 Å². The first-order valence-corrected chi connectivity index (χ1v) is 8.85. The van der Waals surface area contributed by atoms with Gasteiger partial charge in [0.1, 0.15) is 12.4 Å². The Morgan fingerprint density at radius 2 is 2.00 bits per heavy atom. The van der Waals surface area contributed by atoms with E-state index in [9.17, 15) is 4.39 Å². The predicted molar refractivity (Wildman–Crippen MR) is 100 cm³/mol. The number of halogens is 3. The van der Waals surface area contributed by atoms with Crippen molar-refractivity contribution in [3.8, 4) is 11.5 Å². The molecule has 136 valence electrons. The van der Waals surface area contributed by atoms with Gasteiger partial charge in [-0.1, -0.05) is 17.7 Å². The van der Waals surface area contributed by atoms with Crippen LogP contribution in [0.25, 0.3) is 0 Å². The number of nitrogens with one attached hydrogen (secondary N) is 1. The first kappa shape index (κ1) is 20.0. The van der Waals surface area contributed by atoms with Gasteiger partial charge in [-0.05, 0) is 45.8 Å². The van der Waals surface area contributed by atoms with Gasteiger partial charge in [0.25, 0.3) is 0 Å². The van der Waals surface area contributed by atoms with Crippen molar-refractivity contribution < 1.29 is 18.6 Å². The first-order chi connectivity index (χ1) is 12.0. The van der Waals surface area contributed by atoms with Crippen LogP contribution in [0.1, 0.15) is 11.1 Å². The van der Waals surface area contributed by atoms with Crippen molar-refractivity contribution in [2.45, 2.75) is 13.2 Å². The maximum atomic E-state index is 13.1. The third-order valence-electron chi connectivity index (χ3n) is 3.49. The average molecular weight is 433 g/mol. The topological polar surface area (TPSA) is 39.7 Å². The molecule has 0 atom stereocenters. The van der Waals surface area contributed by atoms with Gasteiger partial charge in [0, 0.05) is 25.8 Å². The maximum Gasteiger partial charge on any atom is 0.175 e. The van der Waals surface area contributed by atoms with Gasteiger partial charge in [-0.3, -0.25) is 0 Å². The molecule has 0 fully saturated rings. The molecule has 4 nitrogen and oxygen atoms in total. The molecule has 7 heteroatoms. The van der Waals surface area contributed by atoms with E-state index in [4.69, 9.17) is 25.8 Å². The lowest BCUT2D eigenvalue weighted by Gasteiger charge is -2.15. The average Bonchev–Trinajstić information content (AvgIpc) is 2.58. The minimum Gasteiger partial charge on any atom is -0.493 e. The van der Waals surface area contributed by atoms with E-state index in [0.717, 1.165) is 16.6 Å². The number of methoxy groups -OCH3 is 2. The lowest BCUT2D eigenvalue weighted by Crippen LogP contribution is -2.18. The van der Waals surface area contributed by atoms with Crippen LogP contribution in [0.4, 0.5) is 4.39 Å². The van der Waals surface area contributed by atoms with Gasteiger partial charge in [-0.15, -0.1) is 0 Å². The van der Waals surface area contributed by atoms with E-state index in [1.54, 1.807) is 20.3 Å². The minimum absolute atomic E-state index is 0.208.